The molecule has 0 spiro atoms. The van der Waals surface area contributed by atoms with Gasteiger partial charge in [0.05, 0.1) is 11.0 Å². The van der Waals surface area contributed by atoms with Crippen molar-refractivity contribution in [2.24, 2.45) is 0 Å². The van der Waals surface area contributed by atoms with Crippen LogP contribution in [0.4, 0.5) is 11.5 Å². The molecule has 0 aliphatic rings. The first-order chi connectivity index (χ1) is 11.0. The van der Waals surface area contributed by atoms with Crippen LogP contribution in [0.5, 0.6) is 0 Å². The molecule has 2 rings (SSSR count). The maximum absolute atomic E-state index is 11.1. The van der Waals surface area contributed by atoms with Gasteiger partial charge in [-0.3, -0.25) is 10.1 Å². The fourth-order valence-electron chi connectivity index (χ4n) is 2.45. The third-order valence-electron chi connectivity index (χ3n) is 3.84. The molecule has 0 fully saturated rings. The van der Waals surface area contributed by atoms with Crippen LogP contribution in [0.15, 0.2) is 42.6 Å². The highest BCUT2D eigenvalue weighted by Gasteiger charge is 2.18. The van der Waals surface area contributed by atoms with Crippen LogP contribution in [0.25, 0.3) is 0 Å². The summed E-state index contributed by atoms with van der Waals surface area (Å²) in [6.45, 7) is 2.66. The molecule has 0 amide bonds. The number of aromatic nitrogens is 1. The SMILES string of the molecule is CCc1ccc(C(CNc2ncccc2[N+](=O)[O-])N(C)C)cc1. The van der Waals surface area contributed by atoms with E-state index < -0.39 is 4.92 Å². The lowest BCUT2D eigenvalue weighted by molar-refractivity contribution is -0.384. The zero-order valence-corrected chi connectivity index (χ0v) is 13.7. The summed E-state index contributed by atoms with van der Waals surface area (Å²) in [5, 5.41) is 14.2. The highest BCUT2D eigenvalue weighted by molar-refractivity contribution is 5.55. The van der Waals surface area contributed by atoms with Crippen molar-refractivity contribution in [3.8, 4) is 0 Å². The van der Waals surface area contributed by atoms with Gasteiger partial charge in [-0.05, 0) is 37.7 Å². The first-order valence-electron chi connectivity index (χ1n) is 7.61. The van der Waals surface area contributed by atoms with Crippen molar-refractivity contribution in [1.29, 1.82) is 0 Å². The minimum Gasteiger partial charge on any atom is -0.362 e. The van der Waals surface area contributed by atoms with Crippen LogP contribution < -0.4 is 5.32 Å². The van der Waals surface area contributed by atoms with E-state index in [4.69, 9.17) is 0 Å². The van der Waals surface area contributed by atoms with Crippen molar-refractivity contribution in [3.63, 3.8) is 0 Å². The number of nitrogens with one attached hydrogen (secondary N) is 1. The summed E-state index contributed by atoms with van der Waals surface area (Å²) in [6.07, 6.45) is 2.56. The molecule has 0 radical (unpaired) electrons. The lowest BCUT2D eigenvalue weighted by Gasteiger charge is -2.25. The fraction of sp³-hybridized carbons (Fsp3) is 0.353. The molecule has 1 heterocycles. The summed E-state index contributed by atoms with van der Waals surface area (Å²) in [4.78, 5) is 16.8. The Bertz CT molecular complexity index is 656. The van der Waals surface area contributed by atoms with Gasteiger partial charge in [-0.25, -0.2) is 4.98 Å². The molecule has 1 N–H and O–H groups in total. The Labute approximate surface area is 136 Å². The van der Waals surface area contributed by atoms with Crippen LogP contribution in [-0.4, -0.2) is 35.4 Å². The largest absolute Gasteiger partial charge is 0.362 e. The molecule has 0 saturated heterocycles. The molecule has 1 unspecified atom stereocenters. The Morgan fingerprint density at radius 2 is 1.96 bits per heavy atom. The van der Waals surface area contributed by atoms with Crippen molar-refractivity contribution in [2.45, 2.75) is 19.4 Å². The number of hydrogen-bond donors (Lipinski definition) is 1. The number of hydrogen-bond acceptors (Lipinski definition) is 5. The molecule has 2 aromatic rings. The molecule has 23 heavy (non-hydrogen) atoms. The normalized spacial score (nSPS) is 12.2. The van der Waals surface area contributed by atoms with Gasteiger partial charge < -0.3 is 10.2 Å². The van der Waals surface area contributed by atoms with Crippen LogP contribution >= 0.6 is 0 Å². The Kier molecular flexibility index (Phi) is 5.65. The average molecular weight is 314 g/mol. The molecular weight excluding hydrogens is 292 g/mol. The summed E-state index contributed by atoms with van der Waals surface area (Å²) in [5.74, 6) is 0.300. The molecule has 0 bridgehead atoms. The van der Waals surface area contributed by atoms with Gasteiger partial charge in [-0.2, -0.15) is 0 Å². The molecule has 0 saturated carbocycles. The van der Waals surface area contributed by atoms with E-state index in [0.717, 1.165) is 6.42 Å². The molecule has 1 atom stereocenters. The predicted octanol–water partition coefficient (Wildman–Crippen LogP) is 3.27. The van der Waals surface area contributed by atoms with Gasteiger partial charge in [0.15, 0.2) is 0 Å². The van der Waals surface area contributed by atoms with Gasteiger partial charge in [-0.15, -0.1) is 0 Å². The summed E-state index contributed by atoms with van der Waals surface area (Å²) < 4.78 is 0. The molecule has 0 aliphatic carbocycles. The highest BCUT2D eigenvalue weighted by Crippen LogP contribution is 2.24. The number of nitro groups is 1. The number of anilines is 1. The second-order valence-electron chi connectivity index (χ2n) is 5.58. The van der Waals surface area contributed by atoms with Gasteiger partial charge in [0.1, 0.15) is 0 Å². The van der Waals surface area contributed by atoms with E-state index >= 15 is 0 Å². The Morgan fingerprint density at radius 3 is 2.52 bits per heavy atom. The Morgan fingerprint density at radius 1 is 1.26 bits per heavy atom. The second-order valence-corrected chi connectivity index (χ2v) is 5.58. The van der Waals surface area contributed by atoms with Gasteiger partial charge >= 0.3 is 5.69 Å². The second kappa shape index (κ2) is 7.69. The van der Waals surface area contributed by atoms with Crippen molar-refractivity contribution in [1.82, 2.24) is 9.88 Å². The summed E-state index contributed by atoms with van der Waals surface area (Å²) in [5.41, 5.74) is 2.45. The molecule has 6 nitrogen and oxygen atoms in total. The first kappa shape index (κ1) is 16.9. The third-order valence-corrected chi connectivity index (χ3v) is 3.84. The highest BCUT2D eigenvalue weighted by atomic mass is 16.6. The van der Waals surface area contributed by atoms with Gasteiger partial charge in [0.25, 0.3) is 0 Å². The molecular formula is C17H22N4O2. The maximum Gasteiger partial charge on any atom is 0.311 e. The number of pyridine rings is 1. The Hall–Kier alpha value is -2.47. The van der Waals surface area contributed by atoms with Crippen LogP contribution in [0, 0.1) is 10.1 Å². The van der Waals surface area contributed by atoms with E-state index in [0.29, 0.717) is 12.4 Å². The van der Waals surface area contributed by atoms with Crippen molar-refractivity contribution < 1.29 is 4.92 Å². The van der Waals surface area contributed by atoms with Crippen LogP contribution in [0.2, 0.25) is 0 Å². The van der Waals surface area contributed by atoms with Gasteiger partial charge in [-0.1, -0.05) is 31.2 Å². The monoisotopic (exact) mass is 314 g/mol. The minimum absolute atomic E-state index is 0.00802. The summed E-state index contributed by atoms with van der Waals surface area (Å²) in [7, 11) is 3.99. The lowest BCUT2D eigenvalue weighted by Crippen LogP contribution is -2.27. The molecule has 6 heteroatoms. The quantitative estimate of drug-likeness (QED) is 0.627. The van der Waals surface area contributed by atoms with Crippen LogP contribution in [0.3, 0.4) is 0 Å². The smallest absolute Gasteiger partial charge is 0.311 e. The Balaban J connectivity index is 2.16. The molecule has 1 aromatic carbocycles. The fourth-order valence-corrected chi connectivity index (χ4v) is 2.45. The number of aryl methyl sites for hydroxylation is 1. The molecule has 0 aliphatic heterocycles. The molecule has 1 aromatic heterocycles. The minimum atomic E-state index is -0.421. The molecule has 122 valence electrons. The van der Waals surface area contributed by atoms with Crippen LogP contribution in [-0.2, 0) is 6.42 Å². The number of rotatable bonds is 7. The standard InChI is InChI=1S/C17H22N4O2/c1-4-13-7-9-14(10-8-13)16(20(2)3)12-19-17-15(21(22)23)6-5-11-18-17/h5-11,16H,4,12H2,1-3H3,(H,18,19). The zero-order valence-electron chi connectivity index (χ0n) is 13.7. The van der Waals surface area contributed by atoms with E-state index in [2.05, 4.69) is 46.4 Å². The van der Waals surface area contributed by atoms with Gasteiger partial charge in [0, 0.05) is 18.8 Å². The summed E-state index contributed by atoms with van der Waals surface area (Å²) in [6, 6.07) is 11.6. The van der Waals surface area contributed by atoms with E-state index in [1.54, 1.807) is 12.3 Å². The predicted molar refractivity (Wildman–Crippen MR) is 91.6 cm³/mol. The number of nitrogens with zero attached hydrogens (tertiary/aromatic N) is 3. The topological polar surface area (TPSA) is 71.3 Å². The maximum atomic E-state index is 11.1. The average Bonchev–Trinajstić information content (AvgIpc) is 2.55. The van der Waals surface area contributed by atoms with E-state index in [-0.39, 0.29) is 11.7 Å². The van der Waals surface area contributed by atoms with Crippen molar-refractivity contribution in [3.05, 3.63) is 63.8 Å². The summed E-state index contributed by atoms with van der Waals surface area (Å²) >= 11 is 0. The third kappa shape index (κ3) is 4.26. The van der Waals surface area contributed by atoms with E-state index in [1.165, 1.54) is 17.2 Å². The van der Waals surface area contributed by atoms with E-state index in [9.17, 15) is 10.1 Å². The van der Waals surface area contributed by atoms with Crippen molar-refractivity contribution >= 4 is 11.5 Å². The van der Waals surface area contributed by atoms with Crippen LogP contribution in [0.1, 0.15) is 24.1 Å². The zero-order chi connectivity index (χ0) is 16.8. The lowest BCUT2D eigenvalue weighted by atomic mass is 10.0. The first-order valence-corrected chi connectivity index (χ1v) is 7.61. The van der Waals surface area contributed by atoms with E-state index in [1.807, 2.05) is 14.1 Å². The van der Waals surface area contributed by atoms with Crippen molar-refractivity contribution in [2.75, 3.05) is 26.0 Å². The van der Waals surface area contributed by atoms with Gasteiger partial charge in [0.2, 0.25) is 5.82 Å². The number of likely N-dealkylation sites (N-methyl/N-ethyl adjacent to an activating group) is 1. The number of benzene rings is 1.